The predicted octanol–water partition coefficient (Wildman–Crippen LogP) is 6.56. The van der Waals surface area contributed by atoms with E-state index in [2.05, 4.69) is 0 Å². The Hall–Kier alpha value is -3.98. The fourth-order valence-electron chi connectivity index (χ4n) is 3.23. The van der Waals surface area contributed by atoms with Gasteiger partial charge in [0.25, 0.3) is 0 Å². The van der Waals surface area contributed by atoms with Crippen LogP contribution in [0.5, 0.6) is 11.5 Å². The van der Waals surface area contributed by atoms with Crippen molar-refractivity contribution in [1.29, 1.82) is 0 Å². The van der Waals surface area contributed by atoms with Gasteiger partial charge in [-0.1, -0.05) is 71.8 Å². The van der Waals surface area contributed by atoms with Crippen molar-refractivity contribution in [3.05, 3.63) is 130 Å². The minimum atomic E-state index is -0.101. The van der Waals surface area contributed by atoms with Gasteiger partial charge >= 0.3 is 0 Å². The van der Waals surface area contributed by atoms with Crippen molar-refractivity contribution in [2.45, 2.75) is 13.8 Å². The normalized spacial score (nSPS) is 10.5. The number of benzene rings is 4. The molecule has 0 bridgehead atoms. The molecule has 3 heteroatoms. The van der Waals surface area contributed by atoms with E-state index in [1.807, 2.05) is 62.4 Å². The van der Waals surface area contributed by atoms with Crippen LogP contribution in [0.4, 0.5) is 0 Å². The quantitative estimate of drug-likeness (QED) is 0.341. The molecule has 152 valence electrons. The summed E-state index contributed by atoms with van der Waals surface area (Å²) in [5, 5.41) is 0. The van der Waals surface area contributed by atoms with Crippen LogP contribution in [0.2, 0.25) is 0 Å². The lowest BCUT2D eigenvalue weighted by molar-refractivity contribution is 0.102. The SMILES string of the molecule is Cc1ccc(Oc2ccc(C(=O)c3ccc(C(=O)c4ccc(C)cc4)cc3)cc2)cc1. The van der Waals surface area contributed by atoms with E-state index in [9.17, 15) is 9.59 Å². The Morgan fingerprint density at radius 2 is 0.710 bits per heavy atom. The van der Waals surface area contributed by atoms with E-state index >= 15 is 0 Å². The van der Waals surface area contributed by atoms with E-state index in [4.69, 9.17) is 4.74 Å². The Morgan fingerprint density at radius 3 is 1.10 bits per heavy atom. The number of carbonyl (C=O) groups excluding carboxylic acids is 2. The van der Waals surface area contributed by atoms with Crippen LogP contribution in [0.25, 0.3) is 0 Å². The number of ketones is 2. The molecule has 0 aliphatic heterocycles. The summed E-state index contributed by atoms with van der Waals surface area (Å²) in [5.41, 5.74) is 4.56. The molecule has 0 heterocycles. The van der Waals surface area contributed by atoms with E-state index in [-0.39, 0.29) is 11.6 Å². The van der Waals surface area contributed by atoms with Crippen LogP contribution in [0, 0.1) is 13.8 Å². The van der Waals surface area contributed by atoms with Gasteiger partial charge < -0.3 is 4.74 Å². The summed E-state index contributed by atoms with van der Waals surface area (Å²) in [6.45, 7) is 4.00. The van der Waals surface area contributed by atoms with Crippen LogP contribution in [0.3, 0.4) is 0 Å². The van der Waals surface area contributed by atoms with E-state index in [0.29, 0.717) is 28.0 Å². The van der Waals surface area contributed by atoms with Gasteiger partial charge in [0.15, 0.2) is 11.6 Å². The maximum absolute atomic E-state index is 12.8. The number of hydrogen-bond donors (Lipinski definition) is 0. The summed E-state index contributed by atoms with van der Waals surface area (Å²) in [5.74, 6) is 1.26. The zero-order valence-electron chi connectivity index (χ0n) is 17.5. The Labute approximate surface area is 181 Å². The van der Waals surface area contributed by atoms with Crippen molar-refractivity contribution < 1.29 is 14.3 Å². The number of rotatable bonds is 6. The summed E-state index contributed by atoms with van der Waals surface area (Å²) in [4.78, 5) is 25.4. The average Bonchev–Trinajstić information content (AvgIpc) is 2.81. The molecule has 4 aromatic carbocycles. The van der Waals surface area contributed by atoms with E-state index in [0.717, 1.165) is 11.3 Å². The molecule has 0 radical (unpaired) electrons. The topological polar surface area (TPSA) is 43.4 Å². The molecule has 0 aliphatic carbocycles. The molecule has 31 heavy (non-hydrogen) atoms. The highest BCUT2D eigenvalue weighted by molar-refractivity contribution is 6.11. The molecule has 3 nitrogen and oxygen atoms in total. The maximum Gasteiger partial charge on any atom is 0.193 e. The number of ether oxygens (including phenoxy) is 1. The first-order valence-electron chi connectivity index (χ1n) is 10.1. The predicted molar refractivity (Wildman–Crippen MR) is 122 cm³/mol. The minimum absolute atomic E-state index is 0.0587. The van der Waals surface area contributed by atoms with Gasteiger partial charge in [0, 0.05) is 22.3 Å². The van der Waals surface area contributed by atoms with Crippen LogP contribution in [0.15, 0.2) is 97.1 Å². The first-order valence-corrected chi connectivity index (χ1v) is 10.1. The lowest BCUT2D eigenvalue weighted by atomic mass is 9.98. The standard InChI is InChI=1S/C28H22O3/c1-19-3-7-21(8-4-19)27(29)22-9-11-23(12-10-22)28(30)24-13-17-26(18-14-24)31-25-15-5-20(2)6-16-25/h3-18H,1-2H3. The first kappa shape index (κ1) is 20.3. The lowest BCUT2D eigenvalue weighted by Gasteiger charge is -2.07. The molecule has 0 aromatic heterocycles. The van der Waals surface area contributed by atoms with Gasteiger partial charge in [-0.15, -0.1) is 0 Å². The molecule has 4 rings (SSSR count). The van der Waals surface area contributed by atoms with E-state index < -0.39 is 0 Å². The molecule has 0 fully saturated rings. The Kier molecular flexibility index (Phi) is 5.76. The highest BCUT2D eigenvalue weighted by Crippen LogP contribution is 2.23. The largest absolute Gasteiger partial charge is 0.457 e. The van der Waals surface area contributed by atoms with Crippen LogP contribution in [-0.4, -0.2) is 11.6 Å². The van der Waals surface area contributed by atoms with Gasteiger partial charge in [-0.3, -0.25) is 9.59 Å². The van der Waals surface area contributed by atoms with Gasteiger partial charge in [0.1, 0.15) is 11.5 Å². The first-order chi connectivity index (χ1) is 15.0. The maximum atomic E-state index is 12.8. The molecule has 0 atom stereocenters. The number of aryl methyl sites for hydroxylation is 2. The molecule has 0 aliphatic rings. The zero-order valence-corrected chi connectivity index (χ0v) is 17.5. The van der Waals surface area contributed by atoms with Gasteiger partial charge in [-0.05, 0) is 50.2 Å². The minimum Gasteiger partial charge on any atom is -0.457 e. The molecular weight excluding hydrogens is 384 g/mol. The van der Waals surface area contributed by atoms with Crippen molar-refractivity contribution in [2.75, 3.05) is 0 Å². The van der Waals surface area contributed by atoms with Crippen LogP contribution >= 0.6 is 0 Å². The number of carbonyl (C=O) groups is 2. The number of hydrogen-bond acceptors (Lipinski definition) is 3. The molecule has 0 saturated carbocycles. The molecule has 0 N–H and O–H groups in total. The van der Waals surface area contributed by atoms with Crippen molar-refractivity contribution >= 4 is 11.6 Å². The lowest BCUT2D eigenvalue weighted by Crippen LogP contribution is -2.04. The second-order valence-corrected chi connectivity index (χ2v) is 7.54. The van der Waals surface area contributed by atoms with Gasteiger partial charge in [0.2, 0.25) is 0 Å². The summed E-state index contributed by atoms with van der Waals surface area (Å²) < 4.78 is 5.82. The monoisotopic (exact) mass is 406 g/mol. The molecule has 0 saturated heterocycles. The smallest absolute Gasteiger partial charge is 0.193 e. The van der Waals surface area contributed by atoms with Crippen molar-refractivity contribution in [1.82, 2.24) is 0 Å². The van der Waals surface area contributed by atoms with E-state index in [1.165, 1.54) is 5.56 Å². The van der Waals surface area contributed by atoms with Crippen molar-refractivity contribution in [3.63, 3.8) is 0 Å². The summed E-state index contributed by atoms with van der Waals surface area (Å²) in [7, 11) is 0. The molecule has 0 spiro atoms. The molecule has 4 aromatic rings. The fourth-order valence-corrected chi connectivity index (χ4v) is 3.23. The van der Waals surface area contributed by atoms with Crippen LogP contribution in [-0.2, 0) is 0 Å². The third kappa shape index (κ3) is 4.78. The molecule has 0 amide bonds. The third-order valence-electron chi connectivity index (χ3n) is 5.10. The fraction of sp³-hybridized carbons (Fsp3) is 0.0714. The van der Waals surface area contributed by atoms with Crippen LogP contribution in [0.1, 0.15) is 43.0 Å². The van der Waals surface area contributed by atoms with Gasteiger partial charge in [0.05, 0.1) is 0 Å². The second-order valence-electron chi connectivity index (χ2n) is 7.54. The third-order valence-corrected chi connectivity index (χ3v) is 5.10. The van der Waals surface area contributed by atoms with Crippen molar-refractivity contribution in [2.24, 2.45) is 0 Å². The van der Waals surface area contributed by atoms with Gasteiger partial charge in [-0.25, -0.2) is 0 Å². The highest BCUT2D eigenvalue weighted by Gasteiger charge is 2.12. The Morgan fingerprint density at radius 1 is 0.452 bits per heavy atom. The van der Waals surface area contributed by atoms with Crippen LogP contribution < -0.4 is 4.74 Å². The average molecular weight is 406 g/mol. The molecular formula is C28H22O3. The highest BCUT2D eigenvalue weighted by atomic mass is 16.5. The zero-order chi connectivity index (χ0) is 21.8. The van der Waals surface area contributed by atoms with Crippen molar-refractivity contribution in [3.8, 4) is 11.5 Å². The summed E-state index contributed by atoms with van der Waals surface area (Å²) in [6.07, 6.45) is 0. The summed E-state index contributed by atoms with van der Waals surface area (Å²) >= 11 is 0. The molecule has 0 unspecified atom stereocenters. The van der Waals surface area contributed by atoms with Gasteiger partial charge in [-0.2, -0.15) is 0 Å². The van der Waals surface area contributed by atoms with E-state index in [1.54, 1.807) is 48.5 Å². The summed E-state index contributed by atoms with van der Waals surface area (Å²) in [6, 6.07) is 29.1. The second kappa shape index (κ2) is 8.80. The Balaban J connectivity index is 1.45. The Bertz CT molecular complexity index is 1200.